The van der Waals surface area contributed by atoms with Crippen LogP contribution in [-0.4, -0.2) is 22.3 Å². The molecule has 0 radical (unpaired) electrons. The second-order valence-corrected chi connectivity index (χ2v) is 4.73. The topological polar surface area (TPSA) is 53.1 Å². The normalized spacial score (nSPS) is 34.5. The number of hydrogen-bond acceptors (Lipinski definition) is 3. The molecule has 0 amide bonds. The first-order chi connectivity index (χ1) is 7.33. The van der Waals surface area contributed by atoms with Gasteiger partial charge in [0.2, 0.25) is 0 Å². The number of aromatic nitrogens is 2. The number of hydrogen-bond donors (Lipinski definition) is 1. The van der Waals surface area contributed by atoms with Gasteiger partial charge in [0.25, 0.3) is 0 Å². The van der Waals surface area contributed by atoms with E-state index in [1.807, 2.05) is 6.20 Å². The maximum atomic E-state index is 5.78. The van der Waals surface area contributed by atoms with Gasteiger partial charge in [-0.05, 0) is 31.1 Å². The second kappa shape index (κ2) is 3.52. The Morgan fingerprint density at radius 3 is 3.27 bits per heavy atom. The van der Waals surface area contributed by atoms with Crippen molar-refractivity contribution in [1.29, 1.82) is 0 Å². The number of nitrogens with two attached hydrogens (primary N) is 1. The fourth-order valence-corrected chi connectivity index (χ4v) is 2.89. The smallest absolute Gasteiger partial charge is 0.200 e. The van der Waals surface area contributed by atoms with Crippen molar-refractivity contribution in [3.8, 4) is 0 Å². The maximum absolute atomic E-state index is 5.78. The molecule has 4 heteroatoms. The van der Waals surface area contributed by atoms with E-state index in [0.717, 1.165) is 25.0 Å². The molecule has 1 saturated heterocycles. The third-order valence-electron chi connectivity index (χ3n) is 3.82. The highest BCUT2D eigenvalue weighted by Crippen LogP contribution is 2.38. The highest BCUT2D eigenvalue weighted by molar-refractivity contribution is 5.16. The number of imidazole rings is 1. The van der Waals surface area contributed by atoms with E-state index in [2.05, 4.69) is 9.55 Å². The van der Waals surface area contributed by atoms with Gasteiger partial charge in [0.05, 0.1) is 12.7 Å². The van der Waals surface area contributed by atoms with E-state index >= 15 is 0 Å². The Kier molecular flexibility index (Phi) is 2.16. The van der Waals surface area contributed by atoms with Crippen molar-refractivity contribution in [3.05, 3.63) is 12.4 Å². The number of fused-ring (bicyclic) bond motifs is 2. The van der Waals surface area contributed by atoms with Crippen LogP contribution in [0.25, 0.3) is 0 Å². The number of rotatable bonds is 2. The molecule has 2 bridgehead atoms. The average Bonchev–Trinajstić information content (AvgIpc) is 2.80. The van der Waals surface area contributed by atoms with Crippen LogP contribution in [0.4, 0.5) is 5.95 Å². The summed E-state index contributed by atoms with van der Waals surface area (Å²) in [6.45, 7) is 1.95. The van der Waals surface area contributed by atoms with E-state index in [9.17, 15) is 0 Å². The molecule has 0 spiro atoms. The van der Waals surface area contributed by atoms with Crippen LogP contribution in [0, 0.1) is 11.8 Å². The summed E-state index contributed by atoms with van der Waals surface area (Å²) in [7, 11) is 0. The third-order valence-corrected chi connectivity index (χ3v) is 3.82. The number of nitrogens with zero attached hydrogens (tertiary/aromatic N) is 2. The molecular formula is C11H17N3O. The van der Waals surface area contributed by atoms with Crippen molar-refractivity contribution in [2.45, 2.75) is 31.9 Å². The lowest BCUT2D eigenvalue weighted by molar-refractivity contribution is 0.107. The van der Waals surface area contributed by atoms with Gasteiger partial charge in [0.1, 0.15) is 0 Å². The summed E-state index contributed by atoms with van der Waals surface area (Å²) in [5, 5.41) is 0. The summed E-state index contributed by atoms with van der Waals surface area (Å²) in [5.74, 6) is 2.10. The SMILES string of the molecule is Nc1nccn1CC1CCC2CC1CO2. The maximum Gasteiger partial charge on any atom is 0.200 e. The summed E-state index contributed by atoms with van der Waals surface area (Å²) in [4.78, 5) is 4.05. The van der Waals surface area contributed by atoms with Crippen LogP contribution in [0.15, 0.2) is 12.4 Å². The zero-order chi connectivity index (χ0) is 10.3. The minimum absolute atomic E-state index is 0.548. The first kappa shape index (κ1) is 9.21. The lowest BCUT2D eigenvalue weighted by Gasteiger charge is -2.27. The van der Waals surface area contributed by atoms with E-state index in [1.54, 1.807) is 6.20 Å². The average molecular weight is 207 g/mol. The molecule has 4 nitrogen and oxygen atoms in total. The van der Waals surface area contributed by atoms with E-state index in [-0.39, 0.29) is 0 Å². The predicted molar refractivity (Wildman–Crippen MR) is 57.2 cm³/mol. The standard InChI is InChI=1S/C11H17N3O/c12-11-13-3-4-14(11)6-8-1-2-10-5-9(8)7-15-10/h3-4,8-10H,1-2,5-7H2,(H2,12,13). The molecule has 1 aliphatic carbocycles. The zero-order valence-electron chi connectivity index (χ0n) is 8.80. The first-order valence-electron chi connectivity index (χ1n) is 5.71. The quantitative estimate of drug-likeness (QED) is 0.794. The Morgan fingerprint density at radius 2 is 2.47 bits per heavy atom. The molecule has 15 heavy (non-hydrogen) atoms. The van der Waals surface area contributed by atoms with Crippen LogP contribution < -0.4 is 5.73 Å². The molecule has 3 unspecified atom stereocenters. The summed E-state index contributed by atoms with van der Waals surface area (Å²) in [6, 6.07) is 0. The molecule has 1 aliphatic heterocycles. The van der Waals surface area contributed by atoms with Gasteiger partial charge < -0.3 is 15.0 Å². The molecule has 1 saturated carbocycles. The first-order valence-corrected chi connectivity index (χ1v) is 5.71. The van der Waals surface area contributed by atoms with E-state index in [4.69, 9.17) is 10.5 Å². The van der Waals surface area contributed by atoms with Gasteiger partial charge in [-0.1, -0.05) is 0 Å². The van der Waals surface area contributed by atoms with E-state index in [0.29, 0.717) is 12.1 Å². The molecular weight excluding hydrogens is 190 g/mol. The Labute approximate surface area is 89.4 Å². The Hall–Kier alpha value is -1.03. The molecule has 2 heterocycles. The summed E-state index contributed by atoms with van der Waals surface area (Å²) >= 11 is 0. The van der Waals surface area contributed by atoms with Gasteiger partial charge in [0.15, 0.2) is 5.95 Å². The monoisotopic (exact) mass is 207 g/mol. The number of anilines is 1. The van der Waals surface area contributed by atoms with Gasteiger partial charge in [-0.25, -0.2) is 4.98 Å². The van der Waals surface area contributed by atoms with E-state index < -0.39 is 0 Å². The number of ether oxygens (including phenoxy) is 1. The molecule has 1 aromatic rings. The molecule has 2 aliphatic rings. The Balaban J connectivity index is 1.70. The van der Waals surface area contributed by atoms with Crippen LogP contribution in [-0.2, 0) is 11.3 Å². The highest BCUT2D eigenvalue weighted by atomic mass is 16.5. The largest absolute Gasteiger partial charge is 0.378 e. The van der Waals surface area contributed by atoms with Gasteiger partial charge in [-0.2, -0.15) is 0 Å². The van der Waals surface area contributed by atoms with Gasteiger partial charge in [-0.15, -0.1) is 0 Å². The van der Waals surface area contributed by atoms with Crippen LogP contribution in [0.5, 0.6) is 0 Å². The van der Waals surface area contributed by atoms with Crippen molar-refractivity contribution < 1.29 is 4.74 Å². The van der Waals surface area contributed by atoms with Crippen molar-refractivity contribution in [2.24, 2.45) is 11.8 Å². The van der Waals surface area contributed by atoms with Crippen LogP contribution in [0.2, 0.25) is 0 Å². The highest BCUT2D eigenvalue weighted by Gasteiger charge is 2.36. The summed E-state index contributed by atoms with van der Waals surface area (Å²) in [6.07, 6.45) is 8.03. The van der Waals surface area contributed by atoms with Crippen LogP contribution in [0.1, 0.15) is 19.3 Å². The lowest BCUT2D eigenvalue weighted by atomic mass is 9.80. The molecule has 3 rings (SSSR count). The zero-order valence-corrected chi connectivity index (χ0v) is 8.80. The van der Waals surface area contributed by atoms with Crippen molar-refractivity contribution in [3.63, 3.8) is 0 Å². The predicted octanol–water partition coefficient (Wildman–Crippen LogP) is 1.28. The van der Waals surface area contributed by atoms with Crippen molar-refractivity contribution >= 4 is 5.95 Å². The van der Waals surface area contributed by atoms with Crippen molar-refractivity contribution in [1.82, 2.24) is 9.55 Å². The Morgan fingerprint density at radius 1 is 1.53 bits per heavy atom. The fourth-order valence-electron chi connectivity index (χ4n) is 2.89. The second-order valence-electron chi connectivity index (χ2n) is 4.73. The Bertz CT molecular complexity index is 349. The lowest BCUT2D eigenvalue weighted by Crippen LogP contribution is -2.25. The van der Waals surface area contributed by atoms with Gasteiger partial charge >= 0.3 is 0 Å². The van der Waals surface area contributed by atoms with Crippen LogP contribution in [0.3, 0.4) is 0 Å². The minimum Gasteiger partial charge on any atom is -0.378 e. The summed E-state index contributed by atoms with van der Waals surface area (Å²) < 4.78 is 7.76. The third kappa shape index (κ3) is 1.63. The molecule has 1 aromatic heterocycles. The van der Waals surface area contributed by atoms with E-state index in [1.165, 1.54) is 19.3 Å². The molecule has 2 fully saturated rings. The fraction of sp³-hybridized carbons (Fsp3) is 0.727. The molecule has 2 N–H and O–H groups in total. The van der Waals surface area contributed by atoms with Gasteiger partial charge in [-0.3, -0.25) is 0 Å². The number of nitrogen functional groups attached to an aromatic ring is 1. The summed E-state index contributed by atoms with van der Waals surface area (Å²) in [5.41, 5.74) is 5.78. The molecule has 0 aromatic carbocycles. The van der Waals surface area contributed by atoms with Crippen molar-refractivity contribution in [2.75, 3.05) is 12.3 Å². The van der Waals surface area contributed by atoms with Gasteiger partial charge in [0, 0.05) is 18.9 Å². The molecule has 3 atom stereocenters. The minimum atomic E-state index is 0.548. The molecule has 82 valence electrons. The van der Waals surface area contributed by atoms with Crippen LogP contribution >= 0.6 is 0 Å².